The van der Waals surface area contributed by atoms with Crippen molar-refractivity contribution in [2.75, 3.05) is 0 Å². The van der Waals surface area contributed by atoms with Crippen molar-refractivity contribution in [2.24, 2.45) is 0 Å². The third-order valence-corrected chi connectivity index (χ3v) is 13.2. The normalized spacial score (nSPS) is 15.3. The zero-order valence-corrected chi connectivity index (χ0v) is 31.7. The highest BCUT2D eigenvalue weighted by Gasteiger charge is 2.53. The quantitative estimate of drug-likeness (QED) is 0.126. The van der Waals surface area contributed by atoms with E-state index in [0.29, 0.717) is 0 Å². The zero-order valence-electron chi connectivity index (χ0n) is 31.7. The lowest BCUT2D eigenvalue weighted by Crippen LogP contribution is -2.42. The van der Waals surface area contributed by atoms with E-state index in [0.717, 1.165) is 0 Å². The van der Waals surface area contributed by atoms with Crippen LogP contribution in [0, 0.1) is 0 Å². The topological polar surface area (TPSA) is 6.89 Å². The molecule has 2 nitrogen and oxygen atoms in total. The lowest BCUT2D eigenvalue weighted by atomic mass is 9.68. The van der Waals surface area contributed by atoms with E-state index in [4.69, 9.17) is 0 Å². The number of nitrogens with zero attached hydrogens (tertiary/aromatic N) is 2. The summed E-state index contributed by atoms with van der Waals surface area (Å²) in [5.41, 5.74) is 16.5. The first-order valence-corrected chi connectivity index (χ1v) is 20.3. The van der Waals surface area contributed by atoms with Crippen LogP contribution in [-0.4, -0.2) is 10.8 Å². The van der Waals surface area contributed by atoms with Crippen LogP contribution in [0.3, 0.4) is 0 Å². The van der Waals surface area contributed by atoms with E-state index in [1.807, 2.05) is 0 Å². The molecule has 3 aliphatic rings. The number of hydrogen-bond donors (Lipinski definition) is 0. The largest absolute Gasteiger partial charge is 0.380 e. The summed E-state index contributed by atoms with van der Waals surface area (Å²) < 4.78 is 4.73. The Kier molecular flexibility index (Phi) is 6.46. The number of para-hydroxylation sites is 1. The van der Waals surface area contributed by atoms with Gasteiger partial charge in [-0.2, -0.15) is 0 Å². The molecule has 0 radical (unpaired) electrons. The van der Waals surface area contributed by atoms with Gasteiger partial charge in [-0.3, -0.25) is 0 Å². The second kappa shape index (κ2) is 11.8. The summed E-state index contributed by atoms with van der Waals surface area (Å²) in [7, 11) is 0. The van der Waals surface area contributed by atoms with Crippen molar-refractivity contribution in [2.45, 2.75) is 11.6 Å². The number of pyridine rings is 1. The molecular formula is C56H36N2+2. The maximum absolute atomic E-state index is 2.42. The Morgan fingerprint density at radius 3 is 1.79 bits per heavy atom. The lowest BCUT2D eigenvalue weighted by Gasteiger charge is -2.32. The predicted octanol–water partition coefficient (Wildman–Crippen LogP) is 12.8. The fourth-order valence-corrected chi connectivity index (χ4v) is 11.0. The first-order chi connectivity index (χ1) is 28.8. The summed E-state index contributed by atoms with van der Waals surface area (Å²) in [6.07, 6.45) is 4.48. The van der Waals surface area contributed by atoms with Gasteiger partial charge in [-0.1, -0.05) is 152 Å². The Labute approximate surface area is 336 Å². The standard InChI is InChI=1S/C56H36N2/c1-2-14-40(15-3-1)58-35-41-16-12-13-33-57(41)55(58)37-27-25-36(26-28-37)38-29-31-42-39(34-38)30-32-49-52-47-21-6-4-17-43(47)44-18-5-7-22-48(44)54(52)56(53(42)49)50-23-10-8-19-45(50)46-20-9-11-24-51(46)56/h1-35,55H/q+2. The molecule has 13 rings (SSSR count). The van der Waals surface area contributed by atoms with Crippen molar-refractivity contribution in [3.63, 3.8) is 0 Å². The third-order valence-electron chi connectivity index (χ3n) is 13.2. The molecule has 0 fully saturated rings. The van der Waals surface area contributed by atoms with Crippen LogP contribution in [0.2, 0.25) is 0 Å². The van der Waals surface area contributed by atoms with Crippen LogP contribution in [0.25, 0.3) is 65.7 Å². The number of benzene rings is 9. The first kappa shape index (κ1) is 31.7. The van der Waals surface area contributed by atoms with E-state index < -0.39 is 5.41 Å². The average molecular weight is 737 g/mol. The summed E-state index contributed by atoms with van der Waals surface area (Å²) in [5.74, 6) is 0. The van der Waals surface area contributed by atoms with Gasteiger partial charge in [0.05, 0.1) is 11.0 Å². The van der Waals surface area contributed by atoms with Crippen LogP contribution in [0.1, 0.15) is 39.7 Å². The van der Waals surface area contributed by atoms with Crippen molar-refractivity contribution in [1.29, 1.82) is 0 Å². The van der Waals surface area contributed by atoms with Gasteiger partial charge in [0.1, 0.15) is 0 Å². The Hall–Kier alpha value is -7.42. The molecule has 2 heterocycles. The Morgan fingerprint density at radius 1 is 0.414 bits per heavy atom. The van der Waals surface area contributed by atoms with Crippen LogP contribution in [0.5, 0.6) is 0 Å². The molecule has 0 saturated carbocycles. The molecule has 1 unspecified atom stereocenters. The van der Waals surface area contributed by atoms with E-state index in [2.05, 4.69) is 222 Å². The van der Waals surface area contributed by atoms with E-state index in [1.165, 1.54) is 105 Å². The summed E-state index contributed by atoms with van der Waals surface area (Å²) in [5, 5.41) is 7.83. The van der Waals surface area contributed by atoms with Crippen LogP contribution in [0.4, 0.5) is 5.69 Å². The van der Waals surface area contributed by atoms with Gasteiger partial charge >= 0.3 is 6.17 Å². The summed E-state index contributed by atoms with van der Waals surface area (Å²) >= 11 is 0. The summed E-state index contributed by atoms with van der Waals surface area (Å²) in [6.45, 7) is 0. The highest BCUT2D eigenvalue weighted by atomic mass is 15.3. The van der Waals surface area contributed by atoms with Crippen molar-refractivity contribution in [1.82, 2.24) is 0 Å². The maximum atomic E-state index is 2.42. The van der Waals surface area contributed by atoms with Crippen LogP contribution in [-0.2, 0) is 5.41 Å². The number of hydrogen-bond acceptors (Lipinski definition) is 0. The first-order valence-electron chi connectivity index (χ1n) is 20.3. The van der Waals surface area contributed by atoms with Gasteiger partial charge in [-0.05, 0) is 112 Å². The molecule has 1 aliphatic heterocycles. The van der Waals surface area contributed by atoms with Gasteiger partial charge < -0.3 is 0 Å². The molecule has 0 saturated heterocycles. The molecule has 268 valence electrons. The molecule has 2 heteroatoms. The molecule has 1 spiro atoms. The number of fused-ring (bicyclic) bond motifs is 18. The predicted molar refractivity (Wildman–Crippen MR) is 237 cm³/mol. The monoisotopic (exact) mass is 736 g/mol. The van der Waals surface area contributed by atoms with E-state index >= 15 is 0 Å². The minimum atomic E-state index is -0.471. The summed E-state index contributed by atoms with van der Waals surface area (Å²) in [4.78, 5) is 0. The highest BCUT2D eigenvalue weighted by Crippen LogP contribution is 2.66. The number of aromatic nitrogens is 1. The second-order valence-corrected chi connectivity index (χ2v) is 16.0. The van der Waals surface area contributed by atoms with Crippen LogP contribution >= 0.6 is 0 Å². The molecule has 0 N–H and O–H groups in total. The van der Waals surface area contributed by atoms with Crippen molar-refractivity contribution in [3.05, 3.63) is 240 Å². The molecule has 10 aromatic rings. The molecule has 1 atom stereocenters. The number of rotatable bonds is 3. The van der Waals surface area contributed by atoms with E-state index in [-0.39, 0.29) is 6.17 Å². The third kappa shape index (κ3) is 4.11. The molecule has 58 heavy (non-hydrogen) atoms. The van der Waals surface area contributed by atoms with Gasteiger partial charge in [0.15, 0.2) is 6.20 Å². The molecule has 9 aromatic carbocycles. The van der Waals surface area contributed by atoms with Crippen molar-refractivity contribution in [3.8, 4) is 33.4 Å². The molecule has 2 aliphatic carbocycles. The second-order valence-electron chi connectivity index (χ2n) is 16.0. The minimum Gasteiger partial charge on any atom is -0.127 e. The van der Waals surface area contributed by atoms with Crippen LogP contribution in [0.15, 0.2) is 206 Å². The Morgan fingerprint density at radius 2 is 1.03 bits per heavy atom. The summed E-state index contributed by atoms with van der Waals surface area (Å²) in [6, 6.07) is 74.7. The van der Waals surface area contributed by atoms with Crippen molar-refractivity contribution < 1.29 is 9.14 Å². The van der Waals surface area contributed by atoms with Gasteiger partial charge in [0.25, 0.3) is 5.69 Å². The highest BCUT2D eigenvalue weighted by molar-refractivity contribution is 6.21. The van der Waals surface area contributed by atoms with Crippen molar-refractivity contribution >= 4 is 44.2 Å². The fourth-order valence-electron chi connectivity index (χ4n) is 11.0. The molecule has 0 bridgehead atoms. The van der Waals surface area contributed by atoms with E-state index in [9.17, 15) is 0 Å². The molecule has 0 amide bonds. The SMILES string of the molecule is C1=[N+](c2ccccc2)C(c2ccc(-c3ccc4c5c(ccc4c3)-c3c(c4ccccc4c4ccccc34)C53c4ccccc4-c4ccccc43)cc2)[n+]2ccccc21. The molecule has 1 aromatic heterocycles. The van der Waals surface area contributed by atoms with Gasteiger partial charge in [-0.25, -0.2) is 0 Å². The van der Waals surface area contributed by atoms with Gasteiger partial charge in [0, 0.05) is 24.3 Å². The smallest absolute Gasteiger partial charge is 0.127 e. The average Bonchev–Trinajstić information content (AvgIpc) is 3.94. The van der Waals surface area contributed by atoms with E-state index in [1.54, 1.807) is 0 Å². The molecular weight excluding hydrogens is 701 g/mol. The zero-order chi connectivity index (χ0) is 38.0. The minimum absolute atomic E-state index is 0.0361. The Balaban J connectivity index is 1.02. The lowest BCUT2D eigenvalue weighted by molar-refractivity contribution is -0.830. The Bertz CT molecular complexity index is 3350. The maximum Gasteiger partial charge on any atom is 0.380 e. The van der Waals surface area contributed by atoms with Gasteiger partial charge in [-0.15, -0.1) is 9.14 Å². The van der Waals surface area contributed by atoms with Crippen LogP contribution < -0.4 is 4.57 Å². The van der Waals surface area contributed by atoms with Gasteiger partial charge in [0.2, 0.25) is 11.9 Å². The fraction of sp³-hybridized carbons (Fsp3) is 0.0357.